The van der Waals surface area contributed by atoms with Crippen molar-refractivity contribution >= 4 is 11.6 Å². The van der Waals surface area contributed by atoms with Gasteiger partial charge in [0.1, 0.15) is 17.5 Å². The molecule has 0 atom stereocenters. The fourth-order valence-corrected chi connectivity index (χ4v) is 2.30. The van der Waals surface area contributed by atoms with E-state index in [9.17, 15) is 4.79 Å². The fraction of sp³-hybridized carbons (Fsp3) is 0.214. The minimum absolute atomic E-state index is 0.0517. The first kappa shape index (κ1) is 11.5. The number of nitriles is 1. The summed E-state index contributed by atoms with van der Waals surface area (Å²) < 4.78 is 1.70. The van der Waals surface area contributed by atoms with Crippen molar-refractivity contribution in [2.24, 2.45) is 7.05 Å². The first-order valence-electron chi connectivity index (χ1n) is 6.03. The number of amides is 1. The van der Waals surface area contributed by atoms with Gasteiger partial charge in [-0.05, 0) is 24.1 Å². The van der Waals surface area contributed by atoms with Gasteiger partial charge in [-0.2, -0.15) is 5.26 Å². The monoisotopic (exact) mass is 252 g/mol. The van der Waals surface area contributed by atoms with E-state index in [0.29, 0.717) is 17.8 Å². The summed E-state index contributed by atoms with van der Waals surface area (Å²) in [7, 11) is 1.80. The number of imidazole rings is 1. The van der Waals surface area contributed by atoms with Gasteiger partial charge in [0.05, 0.1) is 6.33 Å². The van der Waals surface area contributed by atoms with Gasteiger partial charge < -0.3 is 9.88 Å². The molecule has 0 fully saturated rings. The number of rotatable bonds is 1. The number of nitrogens with one attached hydrogen (secondary N) is 1. The van der Waals surface area contributed by atoms with Crippen LogP contribution in [0.5, 0.6) is 0 Å². The lowest BCUT2D eigenvalue weighted by atomic mass is 9.99. The maximum atomic E-state index is 11.3. The van der Waals surface area contributed by atoms with Crippen LogP contribution in [0, 0.1) is 11.3 Å². The van der Waals surface area contributed by atoms with Crippen LogP contribution in [0.2, 0.25) is 0 Å². The third-order valence-electron chi connectivity index (χ3n) is 3.32. The summed E-state index contributed by atoms with van der Waals surface area (Å²) >= 11 is 0. The third kappa shape index (κ3) is 1.87. The number of fused-ring (bicyclic) bond motifs is 1. The molecule has 0 radical (unpaired) electrons. The average molecular weight is 252 g/mol. The second-order valence-corrected chi connectivity index (χ2v) is 4.58. The number of aryl methyl sites for hydroxylation is 2. The topological polar surface area (TPSA) is 70.7 Å². The van der Waals surface area contributed by atoms with Crippen LogP contribution in [0.1, 0.15) is 17.7 Å². The molecule has 19 heavy (non-hydrogen) atoms. The molecule has 0 aliphatic carbocycles. The molecule has 0 spiro atoms. The van der Waals surface area contributed by atoms with Gasteiger partial charge in [-0.3, -0.25) is 4.79 Å². The number of hydrogen-bond donors (Lipinski definition) is 1. The Morgan fingerprint density at radius 2 is 2.26 bits per heavy atom. The lowest BCUT2D eigenvalue weighted by Gasteiger charge is -2.17. The van der Waals surface area contributed by atoms with Crippen molar-refractivity contribution in [2.45, 2.75) is 12.8 Å². The summed E-state index contributed by atoms with van der Waals surface area (Å²) in [5, 5.41) is 12.0. The molecule has 2 heterocycles. The zero-order valence-electron chi connectivity index (χ0n) is 10.5. The van der Waals surface area contributed by atoms with Crippen LogP contribution in [0.3, 0.4) is 0 Å². The Morgan fingerprint density at radius 3 is 3.05 bits per heavy atom. The first-order chi connectivity index (χ1) is 9.19. The highest BCUT2D eigenvalue weighted by molar-refractivity contribution is 5.94. The molecule has 0 saturated carbocycles. The lowest BCUT2D eigenvalue weighted by Crippen LogP contribution is -2.18. The van der Waals surface area contributed by atoms with Crippen LogP contribution in [0.15, 0.2) is 24.5 Å². The normalized spacial score (nSPS) is 13.6. The molecule has 1 amide bonds. The van der Waals surface area contributed by atoms with Crippen molar-refractivity contribution in [3.05, 3.63) is 35.8 Å². The molecule has 3 rings (SSSR count). The highest BCUT2D eigenvalue weighted by Crippen LogP contribution is 2.29. The molecule has 1 aromatic heterocycles. The van der Waals surface area contributed by atoms with E-state index < -0.39 is 0 Å². The molecule has 1 aliphatic heterocycles. The Bertz CT molecular complexity index is 709. The predicted molar refractivity (Wildman–Crippen MR) is 70.3 cm³/mol. The molecule has 0 bridgehead atoms. The molecule has 1 N–H and O–H groups in total. The Balaban J connectivity index is 2.08. The number of carbonyl (C=O) groups is 1. The van der Waals surface area contributed by atoms with Crippen molar-refractivity contribution in [2.75, 3.05) is 5.32 Å². The predicted octanol–water partition coefficient (Wildman–Crippen LogP) is 1.84. The SMILES string of the molecule is Cn1cnc(-c2ccc3c(c2)CCC(=O)N3)c1C#N. The third-order valence-corrected chi connectivity index (χ3v) is 3.32. The maximum Gasteiger partial charge on any atom is 0.224 e. The lowest BCUT2D eigenvalue weighted by molar-refractivity contribution is -0.116. The minimum atomic E-state index is 0.0517. The summed E-state index contributed by atoms with van der Waals surface area (Å²) in [6.07, 6.45) is 2.86. The van der Waals surface area contributed by atoms with Crippen molar-refractivity contribution < 1.29 is 4.79 Å². The van der Waals surface area contributed by atoms with Crippen LogP contribution in [-0.4, -0.2) is 15.5 Å². The minimum Gasteiger partial charge on any atom is -0.326 e. The van der Waals surface area contributed by atoms with Gasteiger partial charge in [-0.1, -0.05) is 6.07 Å². The second kappa shape index (κ2) is 4.25. The van der Waals surface area contributed by atoms with Gasteiger partial charge in [-0.25, -0.2) is 4.98 Å². The molecule has 2 aromatic rings. The number of aromatic nitrogens is 2. The smallest absolute Gasteiger partial charge is 0.224 e. The zero-order chi connectivity index (χ0) is 13.4. The molecule has 0 saturated heterocycles. The molecular weight excluding hydrogens is 240 g/mol. The Labute approximate surface area is 110 Å². The fourth-order valence-electron chi connectivity index (χ4n) is 2.30. The number of anilines is 1. The first-order valence-corrected chi connectivity index (χ1v) is 6.03. The average Bonchev–Trinajstić information content (AvgIpc) is 2.79. The van der Waals surface area contributed by atoms with Gasteiger partial charge in [0.15, 0.2) is 0 Å². The summed E-state index contributed by atoms with van der Waals surface area (Å²) in [6.45, 7) is 0. The molecule has 5 nitrogen and oxygen atoms in total. The second-order valence-electron chi connectivity index (χ2n) is 4.58. The van der Waals surface area contributed by atoms with Crippen LogP contribution < -0.4 is 5.32 Å². The van der Waals surface area contributed by atoms with E-state index in [1.165, 1.54) is 0 Å². The van der Waals surface area contributed by atoms with Crippen molar-refractivity contribution in [1.82, 2.24) is 9.55 Å². The van der Waals surface area contributed by atoms with Crippen LogP contribution >= 0.6 is 0 Å². The number of carbonyl (C=O) groups excluding carboxylic acids is 1. The number of nitrogens with zero attached hydrogens (tertiary/aromatic N) is 3. The van der Waals surface area contributed by atoms with E-state index in [0.717, 1.165) is 23.2 Å². The number of hydrogen-bond acceptors (Lipinski definition) is 3. The quantitative estimate of drug-likeness (QED) is 0.841. The molecule has 94 valence electrons. The standard InChI is InChI=1S/C14H12N4O/c1-18-8-16-14(12(18)7-15)10-2-4-11-9(6-10)3-5-13(19)17-11/h2,4,6,8H,3,5H2,1H3,(H,17,19). The molecule has 5 heteroatoms. The molecular formula is C14H12N4O. The van der Waals surface area contributed by atoms with Gasteiger partial charge >= 0.3 is 0 Å². The molecule has 1 aliphatic rings. The summed E-state index contributed by atoms with van der Waals surface area (Å²) in [6, 6.07) is 7.91. The summed E-state index contributed by atoms with van der Waals surface area (Å²) in [5.41, 5.74) is 4.08. The van der Waals surface area contributed by atoms with E-state index in [-0.39, 0.29) is 5.91 Å². The van der Waals surface area contributed by atoms with Gasteiger partial charge in [-0.15, -0.1) is 0 Å². The summed E-state index contributed by atoms with van der Waals surface area (Å²) in [5.74, 6) is 0.0517. The Hall–Kier alpha value is -2.61. The van der Waals surface area contributed by atoms with Crippen molar-refractivity contribution in [3.8, 4) is 17.3 Å². The molecule has 1 aromatic carbocycles. The van der Waals surface area contributed by atoms with E-state index in [1.807, 2.05) is 18.2 Å². The van der Waals surface area contributed by atoms with Crippen LogP contribution in [0.25, 0.3) is 11.3 Å². The van der Waals surface area contributed by atoms with E-state index in [4.69, 9.17) is 5.26 Å². The van der Waals surface area contributed by atoms with Crippen LogP contribution in [0.4, 0.5) is 5.69 Å². The Morgan fingerprint density at radius 1 is 1.42 bits per heavy atom. The van der Waals surface area contributed by atoms with Crippen molar-refractivity contribution in [3.63, 3.8) is 0 Å². The highest BCUT2D eigenvalue weighted by Gasteiger charge is 2.17. The van der Waals surface area contributed by atoms with Crippen molar-refractivity contribution in [1.29, 1.82) is 5.26 Å². The van der Waals surface area contributed by atoms with Gasteiger partial charge in [0.2, 0.25) is 5.91 Å². The number of benzene rings is 1. The van der Waals surface area contributed by atoms with Gasteiger partial charge in [0.25, 0.3) is 0 Å². The molecule has 0 unspecified atom stereocenters. The largest absolute Gasteiger partial charge is 0.326 e. The van der Waals surface area contributed by atoms with E-state index in [2.05, 4.69) is 16.4 Å². The summed E-state index contributed by atoms with van der Waals surface area (Å²) in [4.78, 5) is 15.6. The Kier molecular flexibility index (Phi) is 2.57. The van der Waals surface area contributed by atoms with E-state index in [1.54, 1.807) is 17.9 Å². The van der Waals surface area contributed by atoms with Crippen LogP contribution in [-0.2, 0) is 18.3 Å². The van der Waals surface area contributed by atoms with Gasteiger partial charge in [0, 0.05) is 24.7 Å². The maximum absolute atomic E-state index is 11.3. The van der Waals surface area contributed by atoms with E-state index >= 15 is 0 Å². The highest BCUT2D eigenvalue weighted by atomic mass is 16.1. The zero-order valence-corrected chi connectivity index (χ0v) is 10.5.